The summed E-state index contributed by atoms with van der Waals surface area (Å²) < 4.78 is 27.2. The molecule has 0 atom stereocenters. The van der Waals surface area contributed by atoms with Gasteiger partial charge in [0, 0.05) is 17.6 Å². The zero-order chi connectivity index (χ0) is 14.9. The van der Waals surface area contributed by atoms with Crippen LogP contribution < -0.4 is 0 Å². The molecule has 1 saturated carbocycles. The molecule has 1 aromatic heterocycles. The summed E-state index contributed by atoms with van der Waals surface area (Å²) >= 11 is 1.50. The number of hydrogen-bond donors (Lipinski definition) is 0. The second kappa shape index (κ2) is 5.87. The Hall–Kier alpha value is -1.24. The summed E-state index contributed by atoms with van der Waals surface area (Å²) in [6.07, 6.45) is 3.63. The minimum atomic E-state index is -3.31. The molecule has 1 fully saturated rings. The predicted octanol–water partition coefficient (Wildman–Crippen LogP) is 2.95. The van der Waals surface area contributed by atoms with Crippen molar-refractivity contribution in [2.75, 3.05) is 0 Å². The molecule has 21 heavy (non-hydrogen) atoms. The van der Waals surface area contributed by atoms with E-state index in [0.29, 0.717) is 6.54 Å². The molecule has 0 saturated heterocycles. The van der Waals surface area contributed by atoms with Crippen LogP contribution in [-0.2, 0) is 22.3 Å². The van der Waals surface area contributed by atoms with Crippen LogP contribution in [-0.4, -0.2) is 23.7 Å². The topological polar surface area (TPSA) is 50.3 Å². The monoisotopic (exact) mass is 322 g/mol. The van der Waals surface area contributed by atoms with Crippen LogP contribution in [0, 0.1) is 6.92 Å². The molecule has 0 aliphatic heterocycles. The van der Waals surface area contributed by atoms with Gasteiger partial charge in [-0.05, 0) is 30.9 Å². The molecule has 6 heteroatoms. The molecular formula is C15H18N2O2S2. The molecule has 1 aromatic carbocycles. The lowest BCUT2D eigenvalue weighted by Gasteiger charge is -2.21. The zero-order valence-electron chi connectivity index (χ0n) is 11.9. The highest BCUT2D eigenvalue weighted by Crippen LogP contribution is 2.32. The van der Waals surface area contributed by atoms with Crippen molar-refractivity contribution in [3.05, 3.63) is 52.0 Å². The van der Waals surface area contributed by atoms with E-state index in [1.54, 1.807) is 10.5 Å². The largest absolute Gasteiger partial charge is 0.248 e. The van der Waals surface area contributed by atoms with Crippen molar-refractivity contribution < 1.29 is 8.42 Å². The third kappa shape index (κ3) is 3.51. The Morgan fingerprint density at radius 1 is 1.33 bits per heavy atom. The number of aromatic nitrogens is 1. The molecule has 0 radical (unpaired) electrons. The number of hydrogen-bond acceptors (Lipinski definition) is 4. The van der Waals surface area contributed by atoms with Gasteiger partial charge in [-0.2, -0.15) is 4.31 Å². The van der Waals surface area contributed by atoms with E-state index in [1.165, 1.54) is 11.3 Å². The van der Waals surface area contributed by atoms with Gasteiger partial charge in [-0.3, -0.25) is 0 Å². The number of thiazole rings is 1. The summed E-state index contributed by atoms with van der Waals surface area (Å²) in [7, 11) is -3.31. The Bertz CT molecular complexity index is 707. The maximum atomic E-state index is 12.8. The quantitative estimate of drug-likeness (QED) is 0.821. The van der Waals surface area contributed by atoms with Gasteiger partial charge in [0.25, 0.3) is 0 Å². The van der Waals surface area contributed by atoms with E-state index in [9.17, 15) is 8.42 Å². The first-order valence-electron chi connectivity index (χ1n) is 6.98. The van der Waals surface area contributed by atoms with E-state index in [0.717, 1.165) is 29.0 Å². The minimum absolute atomic E-state index is 0.0710. The third-order valence-corrected chi connectivity index (χ3v) is 6.27. The lowest BCUT2D eigenvalue weighted by atomic mass is 10.1. The fourth-order valence-corrected chi connectivity index (χ4v) is 4.90. The molecule has 2 aromatic rings. The average Bonchev–Trinajstić information content (AvgIpc) is 3.14. The molecule has 4 nitrogen and oxygen atoms in total. The van der Waals surface area contributed by atoms with Gasteiger partial charge >= 0.3 is 0 Å². The van der Waals surface area contributed by atoms with Gasteiger partial charge in [-0.15, -0.1) is 11.3 Å². The molecule has 112 valence electrons. The lowest BCUT2D eigenvalue weighted by molar-refractivity contribution is 0.397. The van der Waals surface area contributed by atoms with Crippen molar-refractivity contribution in [3.8, 4) is 0 Å². The molecular weight excluding hydrogens is 304 g/mol. The van der Waals surface area contributed by atoms with Gasteiger partial charge in [0.2, 0.25) is 10.0 Å². The van der Waals surface area contributed by atoms with Crippen LogP contribution in [0.5, 0.6) is 0 Å². The van der Waals surface area contributed by atoms with E-state index < -0.39 is 10.0 Å². The molecule has 0 N–H and O–H groups in total. The van der Waals surface area contributed by atoms with Gasteiger partial charge < -0.3 is 0 Å². The maximum Gasteiger partial charge on any atom is 0.218 e. The van der Waals surface area contributed by atoms with Crippen LogP contribution >= 0.6 is 11.3 Å². The molecule has 0 unspecified atom stereocenters. The first-order valence-corrected chi connectivity index (χ1v) is 9.47. The van der Waals surface area contributed by atoms with Crippen LogP contribution in [0.4, 0.5) is 0 Å². The average molecular weight is 322 g/mol. The fourth-order valence-electron chi connectivity index (χ4n) is 2.33. The number of sulfonamides is 1. The van der Waals surface area contributed by atoms with Crippen molar-refractivity contribution in [1.29, 1.82) is 0 Å². The second-order valence-electron chi connectivity index (χ2n) is 5.38. The van der Waals surface area contributed by atoms with E-state index >= 15 is 0 Å². The smallest absolute Gasteiger partial charge is 0.218 e. The zero-order valence-corrected chi connectivity index (χ0v) is 13.5. The Morgan fingerprint density at radius 2 is 2.10 bits per heavy atom. The maximum absolute atomic E-state index is 12.8. The van der Waals surface area contributed by atoms with E-state index in [1.807, 2.05) is 36.6 Å². The summed E-state index contributed by atoms with van der Waals surface area (Å²) in [5.74, 6) is 0.0710. The van der Waals surface area contributed by atoms with Crippen molar-refractivity contribution >= 4 is 21.4 Å². The predicted molar refractivity (Wildman–Crippen MR) is 84.5 cm³/mol. The number of nitrogens with zero attached hydrogens (tertiary/aromatic N) is 2. The lowest BCUT2D eigenvalue weighted by Crippen LogP contribution is -2.33. The van der Waals surface area contributed by atoms with Crippen LogP contribution in [0.25, 0.3) is 0 Å². The van der Waals surface area contributed by atoms with Gasteiger partial charge in [0.1, 0.15) is 5.01 Å². The fraction of sp³-hybridized carbons (Fsp3) is 0.400. The second-order valence-corrected chi connectivity index (χ2v) is 8.29. The number of rotatable bonds is 6. The van der Waals surface area contributed by atoms with Crippen molar-refractivity contribution in [3.63, 3.8) is 0 Å². The van der Waals surface area contributed by atoms with E-state index in [-0.39, 0.29) is 11.8 Å². The standard InChI is InChI=1S/C15H18N2O2S2/c1-12-4-2-3-5-13(12)11-21(18,19)17(14-6-7-14)10-15-16-8-9-20-15/h2-5,8-9,14H,6-7,10-11H2,1H3. The molecule has 0 spiro atoms. The molecule has 0 bridgehead atoms. The van der Waals surface area contributed by atoms with Crippen LogP contribution in [0.1, 0.15) is 29.0 Å². The molecule has 0 amide bonds. The van der Waals surface area contributed by atoms with Gasteiger partial charge in [0.05, 0.1) is 12.3 Å². The van der Waals surface area contributed by atoms with Gasteiger partial charge in [-0.25, -0.2) is 13.4 Å². The number of aryl methyl sites for hydroxylation is 1. The summed E-state index contributed by atoms with van der Waals surface area (Å²) in [5, 5.41) is 2.74. The number of benzene rings is 1. The van der Waals surface area contributed by atoms with E-state index in [2.05, 4.69) is 4.98 Å². The first kappa shape index (κ1) is 14.7. The van der Waals surface area contributed by atoms with Crippen LogP contribution in [0.3, 0.4) is 0 Å². The summed E-state index contributed by atoms with van der Waals surface area (Å²) in [4.78, 5) is 4.22. The van der Waals surface area contributed by atoms with Gasteiger partial charge in [0.15, 0.2) is 0 Å². The van der Waals surface area contributed by atoms with Gasteiger partial charge in [-0.1, -0.05) is 24.3 Å². The Balaban J connectivity index is 1.82. The SMILES string of the molecule is Cc1ccccc1CS(=O)(=O)N(Cc1nccs1)C1CC1. The molecule has 1 aliphatic rings. The molecule has 3 rings (SSSR count). The summed E-state index contributed by atoms with van der Waals surface area (Å²) in [6.45, 7) is 2.35. The third-order valence-electron chi connectivity index (χ3n) is 3.69. The normalized spacial score (nSPS) is 15.5. The highest BCUT2D eigenvalue weighted by molar-refractivity contribution is 7.88. The highest BCUT2D eigenvalue weighted by Gasteiger charge is 2.37. The summed E-state index contributed by atoms with van der Waals surface area (Å²) in [5.41, 5.74) is 1.90. The Morgan fingerprint density at radius 3 is 2.71 bits per heavy atom. The van der Waals surface area contributed by atoms with Crippen molar-refractivity contribution in [2.24, 2.45) is 0 Å². The van der Waals surface area contributed by atoms with Crippen LogP contribution in [0.15, 0.2) is 35.8 Å². The highest BCUT2D eigenvalue weighted by atomic mass is 32.2. The molecule has 1 aliphatic carbocycles. The van der Waals surface area contributed by atoms with E-state index in [4.69, 9.17) is 0 Å². The molecule has 1 heterocycles. The summed E-state index contributed by atoms with van der Waals surface area (Å²) in [6, 6.07) is 7.82. The van der Waals surface area contributed by atoms with Crippen molar-refractivity contribution in [2.45, 2.75) is 38.1 Å². The van der Waals surface area contributed by atoms with Crippen LogP contribution in [0.2, 0.25) is 0 Å². The Kier molecular flexibility index (Phi) is 4.10. The minimum Gasteiger partial charge on any atom is -0.248 e. The Labute approximate surface area is 129 Å². The van der Waals surface area contributed by atoms with Crippen molar-refractivity contribution in [1.82, 2.24) is 9.29 Å². The first-order chi connectivity index (χ1) is 10.1.